The van der Waals surface area contributed by atoms with Crippen LogP contribution >= 0.6 is 0 Å². The minimum absolute atomic E-state index is 0.281. The fraction of sp³-hybridized carbons (Fsp3) is 0.647. The van der Waals surface area contributed by atoms with Gasteiger partial charge in [-0.05, 0) is 43.4 Å². The fourth-order valence-electron chi connectivity index (χ4n) is 2.83. The highest BCUT2D eigenvalue weighted by molar-refractivity contribution is 5.25. The van der Waals surface area contributed by atoms with Crippen LogP contribution in [0.15, 0.2) is 24.3 Å². The van der Waals surface area contributed by atoms with Gasteiger partial charge in [0.15, 0.2) is 0 Å². The topological polar surface area (TPSA) is 21.3 Å². The minimum atomic E-state index is 0.281. The van der Waals surface area contributed by atoms with E-state index in [1.807, 2.05) is 0 Å². The van der Waals surface area contributed by atoms with E-state index in [4.69, 9.17) is 4.74 Å². The summed E-state index contributed by atoms with van der Waals surface area (Å²) in [4.78, 5) is 0. The van der Waals surface area contributed by atoms with Crippen LogP contribution in [-0.4, -0.2) is 19.7 Å². The maximum atomic E-state index is 6.04. The summed E-state index contributed by atoms with van der Waals surface area (Å²) in [5, 5.41) is 3.55. The molecule has 1 saturated heterocycles. The molecule has 1 aromatic carbocycles. The van der Waals surface area contributed by atoms with Crippen molar-refractivity contribution in [3.63, 3.8) is 0 Å². The molecule has 0 amide bonds. The number of hydrogen-bond acceptors (Lipinski definition) is 2. The summed E-state index contributed by atoms with van der Waals surface area (Å²) in [5.41, 5.74) is 2.75. The van der Waals surface area contributed by atoms with Gasteiger partial charge >= 0.3 is 0 Å². The average molecular weight is 261 g/mol. The van der Waals surface area contributed by atoms with Gasteiger partial charge < -0.3 is 10.1 Å². The molecule has 0 aliphatic carbocycles. The summed E-state index contributed by atoms with van der Waals surface area (Å²) in [5.74, 6) is 0.618. The molecule has 0 radical (unpaired) electrons. The first-order valence-corrected chi connectivity index (χ1v) is 7.76. The first-order valence-electron chi connectivity index (χ1n) is 7.76. The summed E-state index contributed by atoms with van der Waals surface area (Å²) < 4.78 is 6.04. The Bertz CT molecular complexity index is 360. The van der Waals surface area contributed by atoms with Crippen LogP contribution in [0.1, 0.15) is 50.3 Å². The molecule has 2 heteroatoms. The van der Waals surface area contributed by atoms with Crippen molar-refractivity contribution in [3.05, 3.63) is 35.4 Å². The van der Waals surface area contributed by atoms with Gasteiger partial charge in [0.1, 0.15) is 0 Å². The molecule has 1 N–H and O–H groups in total. The van der Waals surface area contributed by atoms with E-state index < -0.39 is 0 Å². The standard InChI is InChI=1S/C17H27NO/c1-3-11-18-13-16-6-5-12-19-17(16)15-9-7-14(4-2)8-10-15/h7-10,16-18H,3-6,11-13H2,1-2H3. The normalized spacial score (nSPS) is 23.5. The van der Waals surface area contributed by atoms with Gasteiger partial charge in [0.05, 0.1) is 6.10 Å². The Balaban J connectivity index is 2.00. The second-order valence-corrected chi connectivity index (χ2v) is 5.49. The van der Waals surface area contributed by atoms with Gasteiger partial charge in [-0.2, -0.15) is 0 Å². The van der Waals surface area contributed by atoms with Crippen LogP contribution < -0.4 is 5.32 Å². The number of benzene rings is 1. The van der Waals surface area contributed by atoms with E-state index in [0.717, 1.165) is 26.1 Å². The van der Waals surface area contributed by atoms with Gasteiger partial charge in [-0.3, -0.25) is 0 Å². The first kappa shape index (κ1) is 14.5. The van der Waals surface area contributed by atoms with Crippen LogP contribution in [-0.2, 0) is 11.2 Å². The zero-order chi connectivity index (χ0) is 13.5. The Hall–Kier alpha value is -0.860. The zero-order valence-corrected chi connectivity index (χ0v) is 12.3. The molecule has 1 aliphatic heterocycles. The molecule has 2 nitrogen and oxygen atoms in total. The number of rotatable bonds is 6. The number of nitrogens with one attached hydrogen (secondary N) is 1. The van der Waals surface area contributed by atoms with Crippen molar-refractivity contribution in [1.82, 2.24) is 5.32 Å². The van der Waals surface area contributed by atoms with E-state index in [1.54, 1.807) is 0 Å². The Morgan fingerprint density at radius 1 is 1.21 bits per heavy atom. The van der Waals surface area contributed by atoms with Gasteiger partial charge in [0.25, 0.3) is 0 Å². The molecule has 19 heavy (non-hydrogen) atoms. The number of ether oxygens (including phenoxy) is 1. The Kier molecular flexibility index (Phi) is 5.87. The van der Waals surface area contributed by atoms with Crippen LogP contribution in [0.3, 0.4) is 0 Å². The second-order valence-electron chi connectivity index (χ2n) is 5.49. The van der Waals surface area contributed by atoms with E-state index in [2.05, 4.69) is 43.4 Å². The maximum Gasteiger partial charge on any atom is 0.0865 e. The third-order valence-corrected chi connectivity index (χ3v) is 3.99. The van der Waals surface area contributed by atoms with Crippen molar-refractivity contribution in [2.45, 2.75) is 45.6 Å². The summed E-state index contributed by atoms with van der Waals surface area (Å²) in [6, 6.07) is 8.98. The van der Waals surface area contributed by atoms with Crippen LogP contribution in [0.4, 0.5) is 0 Å². The van der Waals surface area contributed by atoms with E-state index >= 15 is 0 Å². The predicted molar refractivity (Wildman–Crippen MR) is 80.4 cm³/mol. The Morgan fingerprint density at radius 2 is 2.00 bits per heavy atom. The highest BCUT2D eigenvalue weighted by atomic mass is 16.5. The molecule has 2 rings (SSSR count). The summed E-state index contributed by atoms with van der Waals surface area (Å²) in [6.07, 6.45) is 5.05. The molecular weight excluding hydrogens is 234 g/mol. The van der Waals surface area contributed by atoms with Crippen LogP contribution in [0.25, 0.3) is 0 Å². The highest BCUT2D eigenvalue weighted by Crippen LogP contribution is 2.33. The molecule has 2 unspecified atom stereocenters. The van der Waals surface area contributed by atoms with E-state index in [9.17, 15) is 0 Å². The third-order valence-electron chi connectivity index (χ3n) is 3.99. The van der Waals surface area contributed by atoms with E-state index in [0.29, 0.717) is 5.92 Å². The largest absolute Gasteiger partial charge is 0.373 e. The lowest BCUT2D eigenvalue weighted by Crippen LogP contribution is -2.32. The summed E-state index contributed by atoms with van der Waals surface area (Å²) in [6.45, 7) is 7.51. The molecular formula is C17H27NO. The summed E-state index contributed by atoms with van der Waals surface area (Å²) in [7, 11) is 0. The van der Waals surface area contributed by atoms with Crippen molar-refractivity contribution in [1.29, 1.82) is 0 Å². The SMILES string of the molecule is CCCNCC1CCCOC1c1ccc(CC)cc1. The zero-order valence-electron chi connectivity index (χ0n) is 12.3. The second kappa shape index (κ2) is 7.66. The molecule has 0 saturated carbocycles. The van der Waals surface area contributed by atoms with Gasteiger partial charge in [0, 0.05) is 19.1 Å². The molecule has 0 spiro atoms. The maximum absolute atomic E-state index is 6.04. The molecule has 2 atom stereocenters. The minimum Gasteiger partial charge on any atom is -0.373 e. The summed E-state index contributed by atoms with van der Waals surface area (Å²) >= 11 is 0. The van der Waals surface area contributed by atoms with Crippen LogP contribution in [0.2, 0.25) is 0 Å². The van der Waals surface area contributed by atoms with Crippen LogP contribution in [0.5, 0.6) is 0 Å². The van der Waals surface area contributed by atoms with Crippen molar-refractivity contribution in [2.24, 2.45) is 5.92 Å². The molecule has 1 aliphatic rings. The van der Waals surface area contributed by atoms with Crippen molar-refractivity contribution >= 4 is 0 Å². The molecule has 1 fully saturated rings. The van der Waals surface area contributed by atoms with Crippen molar-refractivity contribution in [3.8, 4) is 0 Å². The quantitative estimate of drug-likeness (QED) is 0.788. The lowest BCUT2D eigenvalue weighted by atomic mass is 9.89. The van der Waals surface area contributed by atoms with Gasteiger partial charge in [-0.25, -0.2) is 0 Å². The predicted octanol–water partition coefficient (Wildman–Crippen LogP) is 3.72. The van der Waals surface area contributed by atoms with Gasteiger partial charge in [-0.15, -0.1) is 0 Å². The molecule has 0 aromatic heterocycles. The Labute approximate surface area is 117 Å². The monoisotopic (exact) mass is 261 g/mol. The molecule has 1 heterocycles. The van der Waals surface area contributed by atoms with Gasteiger partial charge in [0.2, 0.25) is 0 Å². The number of aryl methyl sites for hydroxylation is 1. The molecule has 1 aromatic rings. The lowest BCUT2D eigenvalue weighted by molar-refractivity contribution is -0.0277. The van der Waals surface area contributed by atoms with Crippen molar-refractivity contribution in [2.75, 3.05) is 19.7 Å². The van der Waals surface area contributed by atoms with Crippen LogP contribution in [0, 0.1) is 5.92 Å². The molecule has 106 valence electrons. The van der Waals surface area contributed by atoms with E-state index in [1.165, 1.54) is 30.4 Å². The van der Waals surface area contributed by atoms with Crippen molar-refractivity contribution < 1.29 is 4.74 Å². The highest BCUT2D eigenvalue weighted by Gasteiger charge is 2.26. The van der Waals surface area contributed by atoms with E-state index in [-0.39, 0.29) is 6.10 Å². The average Bonchev–Trinajstić information content (AvgIpc) is 2.48. The molecule has 0 bridgehead atoms. The number of hydrogen-bond donors (Lipinski definition) is 1. The fourth-order valence-corrected chi connectivity index (χ4v) is 2.83. The smallest absolute Gasteiger partial charge is 0.0865 e. The Morgan fingerprint density at radius 3 is 2.68 bits per heavy atom. The third kappa shape index (κ3) is 4.05. The van der Waals surface area contributed by atoms with Gasteiger partial charge in [-0.1, -0.05) is 38.1 Å². The lowest BCUT2D eigenvalue weighted by Gasteiger charge is -2.32. The first-order chi connectivity index (χ1) is 9.35.